The summed E-state index contributed by atoms with van der Waals surface area (Å²) >= 11 is 0. The van der Waals surface area contributed by atoms with Crippen LogP contribution >= 0.6 is 0 Å². The van der Waals surface area contributed by atoms with Crippen LogP contribution in [0.15, 0.2) is 24.8 Å². The number of carbonyl (C=O) groups excluding carboxylic acids is 1. The zero-order chi connectivity index (χ0) is 10.7. The Bertz CT molecular complexity index is 378. The molecule has 1 aromatic carbocycles. The number of hydrogen-bond donors (Lipinski definition) is 0. The van der Waals surface area contributed by atoms with Gasteiger partial charge < -0.3 is 4.74 Å². The molecule has 74 valence electrons. The van der Waals surface area contributed by atoms with Gasteiger partial charge in [-0.1, -0.05) is 24.3 Å². The van der Waals surface area contributed by atoms with Gasteiger partial charge in [0.05, 0.1) is 0 Å². The lowest BCUT2D eigenvalue weighted by atomic mass is 10.1. The summed E-state index contributed by atoms with van der Waals surface area (Å²) in [5, 5.41) is 0. The van der Waals surface area contributed by atoms with E-state index in [4.69, 9.17) is 4.74 Å². The topological polar surface area (TPSA) is 26.3 Å². The van der Waals surface area contributed by atoms with Crippen LogP contribution in [0.4, 0.5) is 0 Å². The Morgan fingerprint density at radius 2 is 2.00 bits per heavy atom. The van der Waals surface area contributed by atoms with Crippen molar-refractivity contribution < 1.29 is 9.53 Å². The molecule has 0 aliphatic rings. The summed E-state index contributed by atoms with van der Waals surface area (Å²) in [6, 6.07) is 5.71. The van der Waals surface area contributed by atoms with Crippen molar-refractivity contribution in [3.63, 3.8) is 0 Å². The summed E-state index contributed by atoms with van der Waals surface area (Å²) in [5.41, 5.74) is 2.90. The van der Waals surface area contributed by atoms with Crippen molar-refractivity contribution in [1.29, 1.82) is 0 Å². The molecule has 0 N–H and O–H groups in total. The average molecular weight is 190 g/mol. The second-order valence-corrected chi connectivity index (χ2v) is 3.35. The normalized spacial score (nSPS) is 9.64. The van der Waals surface area contributed by atoms with Crippen molar-refractivity contribution in [1.82, 2.24) is 0 Å². The van der Waals surface area contributed by atoms with E-state index in [1.165, 1.54) is 6.92 Å². The minimum atomic E-state index is -0.299. The third-order valence-electron chi connectivity index (χ3n) is 1.93. The molecule has 2 heteroatoms. The number of hydrogen-bond acceptors (Lipinski definition) is 2. The van der Waals surface area contributed by atoms with Gasteiger partial charge >= 0.3 is 5.97 Å². The minimum Gasteiger partial charge on any atom is -0.426 e. The van der Waals surface area contributed by atoms with Crippen molar-refractivity contribution in [2.75, 3.05) is 0 Å². The molecule has 0 amide bonds. The molecule has 0 spiro atoms. The molecule has 1 aromatic rings. The Morgan fingerprint density at radius 3 is 2.50 bits per heavy atom. The van der Waals surface area contributed by atoms with E-state index in [1.54, 1.807) is 0 Å². The lowest BCUT2D eigenvalue weighted by Gasteiger charge is -2.07. The van der Waals surface area contributed by atoms with Crippen molar-refractivity contribution in [3.8, 4) is 5.75 Å². The van der Waals surface area contributed by atoms with E-state index >= 15 is 0 Å². The lowest BCUT2D eigenvalue weighted by molar-refractivity contribution is -0.131. The predicted molar refractivity (Wildman–Crippen MR) is 57.2 cm³/mol. The molecule has 0 saturated heterocycles. The fraction of sp³-hybridized carbons (Fsp3) is 0.250. The van der Waals surface area contributed by atoms with Gasteiger partial charge in [-0.2, -0.15) is 0 Å². The molecule has 0 aliphatic heterocycles. The van der Waals surface area contributed by atoms with Crippen LogP contribution in [-0.2, 0) is 4.79 Å². The van der Waals surface area contributed by atoms with E-state index in [-0.39, 0.29) is 5.97 Å². The Labute approximate surface area is 84.2 Å². The van der Waals surface area contributed by atoms with Crippen molar-refractivity contribution in [3.05, 3.63) is 35.9 Å². The summed E-state index contributed by atoms with van der Waals surface area (Å²) < 4.78 is 5.06. The zero-order valence-electron chi connectivity index (χ0n) is 8.76. The van der Waals surface area contributed by atoms with Crippen LogP contribution in [0.3, 0.4) is 0 Å². The molecule has 0 heterocycles. The molecule has 0 aromatic heterocycles. The number of esters is 1. The van der Waals surface area contributed by atoms with Crippen molar-refractivity contribution in [2.45, 2.75) is 20.8 Å². The first-order valence-corrected chi connectivity index (χ1v) is 4.45. The first-order valence-electron chi connectivity index (χ1n) is 4.45. The van der Waals surface area contributed by atoms with Crippen LogP contribution in [0.5, 0.6) is 5.75 Å². The first-order chi connectivity index (χ1) is 6.50. The van der Waals surface area contributed by atoms with Gasteiger partial charge in [0.15, 0.2) is 0 Å². The van der Waals surface area contributed by atoms with Gasteiger partial charge in [-0.25, -0.2) is 0 Å². The summed E-state index contributed by atoms with van der Waals surface area (Å²) in [5.74, 6) is 0.310. The predicted octanol–water partition coefficient (Wildman–Crippen LogP) is 2.95. The minimum absolute atomic E-state index is 0.299. The van der Waals surface area contributed by atoms with Crippen LogP contribution in [0, 0.1) is 6.92 Å². The Morgan fingerprint density at radius 1 is 1.36 bits per heavy atom. The maximum absolute atomic E-state index is 10.8. The highest BCUT2D eigenvalue weighted by Crippen LogP contribution is 2.23. The molecular weight excluding hydrogens is 176 g/mol. The van der Waals surface area contributed by atoms with E-state index in [1.807, 2.05) is 32.0 Å². The highest BCUT2D eigenvalue weighted by Gasteiger charge is 2.04. The second-order valence-electron chi connectivity index (χ2n) is 3.35. The zero-order valence-corrected chi connectivity index (χ0v) is 8.76. The van der Waals surface area contributed by atoms with Gasteiger partial charge in [-0.15, -0.1) is 0 Å². The van der Waals surface area contributed by atoms with E-state index in [0.717, 1.165) is 16.7 Å². The third-order valence-corrected chi connectivity index (χ3v) is 1.93. The smallest absolute Gasteiger partial charge is 0.308 e. The molecule has 0 atom stereocenters. The first kappa shape index (κ1) is 10.5. The summed E-state index contributed by atoms with van der Waals surface area (Å²) in [6.07, 6.45) is 0. The van der Waals surface area contributed by atoms with Gasteiger partial charge in [0.25, 0.3) is 0 Å². The fourth-order valence-corrected chi connectivity index (χ4v) is 1.13. The summed E-state index contributed by atoms with van der Waals surface area (Å²) in [7, 11) is 0. The molecular formula is C12H14O2. The SMILES string of the molecule is C=C(C)c1ccc(C)c(OC(C)=O)c1. The molecule has 0 unspecified atom stereocenters. The van der Waals surface area contributed by atoms with Gasteiger partial charge in [-0.3, -0.25) is 4.79 Å². The number of carbonyl (C=O) groups is 1. The van der Waals surface area contributed by atoms with E-state index in [0.29, 0.717) is 5.75 Å². The molecule has 0 fully saturated rings. The van der Waals surface area contributed by atoms with Crippen LogP contribution in [0.1, 0.15) is 25.0 Å². The van der Waals surface area contributed by atoms with E-state index < -0.39 is 0 Å². The van der Waals surface area contributed by atoms with Gasteiger partial charge in [0, 0.05) is 6.92 Å². The maximum Gasteiger partial charge on any atom is 0.308 e. The highest BCUT2D eigenvalue weighted by molar-refractivity contribution is 5.71. The number of rotatable bonds is 2. The van der Waals surface area contributed by atoms with E-state index in [2.05, 4.69) is 6.58 Å². The molecule has 2 nitrogen and oxygen atoms in total. The van der Waals surface area contributed by atoms with Gasteiger partial charge in [0.2, 0.25) is 0 Å². The fourth-order valence-electron chi connectivity index (χ4n) is 1.13. The molecule has 1 rings (SSSR count). The van der Waals surface area contributed by atoms with Crippen molar-refractivity contribution >= 4 is 11.5 Å². The molecule has 0 saturated carbocycles. The van der Waals surface area contributed by atoms with Crippen LogP contribution < -0.4 is 4.74 Å². The summed E-state index contributed by atoms with van der Waals surface area (Å²) in [4.78, 5) is 10.8. The molecule has 0 radical (unpaired) electrons. The van der Waals surface area contributed by atoms with Crippen LogP contribution in [0.25, 0.3) is 5.57 Å². The van der Waals surface area contributed by atoms with E-state index in [9.17, 15) is 4.79 Å². The maximum atomic E-state index is 10.8. The third kappa shape index (κ3) is 2.46. The summed E-state index contributed by atoms with van der Waals surface area (Å²) in [6.45, 7) is 9.05. The Balaban J connectivity index is 3.08. The van der Waals surface area contributed by atoms with Crippen LogP contribution in [0.2, 0.25) is 0 Å². The average Bonchev–Trinajstić information content (AvgIpc) is 2.07. The number of allylic oxidation sites excluding steroid dienone is 1. The monoisotopic (exact) mass is 190 g/mol. The second kappa shape index (κ2) is 4.09. The lowest BCUT2D eigenvalue weighted by Crippen LogP contribution is -2.03. The number of benzene rings is 1. The van der Waals surface area contributed by atoms with Gasteiger partial charge in [-0.05, 0) is 31.0 Å². The number of aryl methyl sites for hydroxylation is 1. The van der Waals surface area contributed by atoms with Crippen LogP contribution in [-0.4, -0.2) is 5.97 Å². The Hall–Kier alpha value is -1.57. The van der Waals surface area contributed by atoms with Crippen molar-refractivity contribution in [2.24, 2.45) is 0 Å². The standard InChI is InChI=1S/C12H14O2/c1-8(2)11-6-5-9(3)12(7-11)14-10(4)13/h5-7H,1H2,2-4H3. The molecule has 0 aliphatic carbocycles. The Kier molecular flexibility index (Phi) is 3.07. The molecule has 14 heavy (non-hydrogen) atoms. The van der Waals surface area contributed by atoms with Gasteiger partial charge in [0.1, 0.15) is 5.75 Å². The number of ether oxygens (including phenoxy) is 1. The highest BCUT2D eigenvalue weighted by atomic mass is 16.5. The molecule has 0 bridgehead atoms. The largest absolute Gasteiger partial charge is 0.426 e. The quantitative estimate of drug-likeness (QED) is 0.529.